The number of allylic oxidation sites excluding steroid dienone is 3. The van der Waals surface area contributed by atoms with Crippen LogP contribution in [0.15, 0.2) is 60.0 Å². The molecule has 0 radical (unpaired) electrons. The largest absolute Gasteiger partial charge is 0.465 e. The summed E-state index contributed by atoms with van der Waals surface area (Å²) >= 11 is 0. The predicted octanol–water partition coefficient (Wildman–Crippen LogP) is 2.77. The first-order valence-electron chi connectivity index (χ1n) is 10.4. The lowest BCUT2D eigenvalue weighted by atomic mass is 9.72. The molecule has 3 aliphatic rings. The molecule has 31 heavy (non-hydrogen) atoms. The van der Waals surface area contributed by atoms with Gasteiger partial charge in [0.1, 0.15) is 12.4 Å². The number of ether oxygens (including phenoxy) is 2. The molecule has 1 spiro atoms. The number of esters is 1. The molecule has 0 bridgehead atoms. The first kappa shape index (κ1) is 22.5. The Balaban J connectivity index is 0.000000210. The van der Waals surface area contributed by atoms with E-state index in [9.17, 15) is 9.59 Å². The van der Waals surface area contributed by atoms with Crippen LogP contribution in [0.1, 0.15) is 23.2 Å². The molecule has 7 nitrogen and oxygen atoms in total. The summed E-state index contributed by atoms with van der Waals surface area (Å²) in [4.78, 5) is 30.3. The molecule has 1 aromatic rings. The Bertz CT molecular complexity index is 882. The second-order valence-corrected chi connectivity index (χ2v) is 8.06. The maximum atomic E-state index is 11.4. The Morgan fingerprint density at radius 3 is 2.65 bits per heavy atom. The van der Waals surface area contributed by atoms with Crippen molar-refractivity contribution in [1.29, 1.82) is 0 Å². The Labute approximate surface area is 183 Å². The van der Waals surface area contributed by atoms with Crippen molar-refractivity contribution in [2.45, 2.75) is 12.8 Å². The fourth-order valence-electron chi connectivity index (χ4n) is 4.16. The van der Waals surface area contributed by atoms with Crippen LogP contribution in [0.3, 0.4) is 0 Å². The average Bonchev–Trinajstić information content (AvgIpc) is 3.06. The van der Waals surface area contributed by atoms with E-state index in [0.717, 1.165) is 24.5 Å². The number of anilines is 1. The number of rotatable bonds is 5. The summed E-state index contributed by atoms with van der Waals surface area (Å²) in [6.45, 7) is 5.34. The van der Waals surface area contributed by atoms with Crippen LogP contribution < -0.4 is 4.90 Å². The van der Waals surface area contributed by atoms with Gasteiger partial charge < -0.3 is 19.3 Å². The van der Waals surface area contributed by atoms with Crippen LogP contribution in [-0.4, -0.2) is 69.3 Å². The molecule has 0 saturated carbocycles. The molecular formula is C24H29N3O4. The van der Waals surface area contributed by atoms with Crippen molar-refractivity contribution in [1.82, 2.24) is 9.88 Å². The summed E-state index contributed by atoms with van der Waals surface area (Å²) in [5.74, 6) is 0.624. The van der Waals surface area contributed by atoms with Crippen molar-refractivity contribution < 1.29 is 19.1 Å². The Kier molecular flexibility index (Phi) is 7.82. The van der Waals surface area contributed by atoms with Gasteiger partial charge in [0.05, 0.1) is 12.7 Å². The molecule has 2 fully saturated rings. The monoisotopic (exact) mass is 423 g/mol. The standard InChI is InChI=1S/C15H21N3O2.C9H8O2/c1-17-10-15(11-17)5-7-18(8-6-15)13-4-3-12(9-16-13)14(19)20-2;10-8-11-7-9-5-3-1-2-4-6-9/h3-4,9H,5-8,10-11H2,1-2H3;1,3-6,8H,7H2. The quantitative estimate of drug-likeness (QED) is 0.410. The molecule has 0 amide bonds. The van der Waals surface area contributed by atoms with E-state index < -0.39 is 0 Å². The average molecular weight is 424 g/mol. The van der Waals surface area contributed by atoms with Crippen LogP contribution in [0.5, 0.6) is 0 Å². The van der Waals surface area contributed by atoms with Crippen molar-refractivity contribution >= 4 is 18.3 Å². The number of nitrogens with zero attached hydrogens (tertiary/aromatic N) is 3. The fourth-order valence-corrected chi connectivity index (χ4v) is 4.16. The van der Waals surface area contributed by atoms with Gasteiger partial charge in [-0.2, -0.15) is 0 Å². The molecule has 3 heterocycles. The second kappa shape index (κ2) is 10.8. The highest BCUT2D eigenvalue weighted by Gasteiger charge is 2.43. The molecule has 164 valence electrons. The summed E-state index contributed by atoms with van der Waals surface area (Å²) in [6, 6.07) is 3.70. The lowest BCUT2D eigenvalue weighted by molar-refractivity contribution is -0.127. The molecule has 2 saturated heterocycles. The van der Waals surface area contributed by atoms with E-state index >= 15 is 0 Å². The van der Waals surface area contributed by atoms with Crippen molar-refractivity contribution in [2.24, 2.45) is 5.41 Å². The van der Waals surface area contributed by atoms with Crippen LogP contribution >= 0.6 is 0 Å². The van der Waals surface area contributed by atoms with Crippen molar-refractivity contribution in [3.05, 3.63) is 65.6 Å². The number of aromatic nitrogens is 1. The van der Waals surface area contributed by atoms with Crippen LogP contribution in [0.2, 0.25) is 0 Å². The predicted molar refractivity (Wildman–Crippen MR) is 119 cm³/mol. The summed E-state index contributed by atoms with van der Waals surface area (Å²) in [5, 5.41) is 0. The molecule has 0 aromatic carbocycles. The molecule has 2 aliphatic heterocycles. The summed E-state index contributed by atoms with van der Waals surface area (Å²) in [6.07, 6.45) is 13.2. The zero-order valence-corrected chi connectivity index (χ0v) is 18.1. The third kappa shape index (κ3) is 6.17. The number of hydrogen-bond donors (Lipinski definition) is 0. The molecule has 0 atom stereocenters. The second-order valence-electron chi connectivity index (χ2n) is 8.06. The maximum absolute atomic E-state index is 11.4. The van der Waals surface area contributed by atoms with Gasteiger partial charge in [-0.25, -0.2) is 9.78 Å². The van der Waals surface area contributed by atoms with E-state index in [4.69, 9.17) is 0 Å². The highest BCUT2D eigenvalue weighted by molar-refractivity contribution is 5.89. The fraction of sp³-hybridized carbons (Fsp3) is 0.417. The van der Waals surface area contributed by atoms with Crippen LogP contribution in [0, 0.1) is 5.41 Å². The number of likely N-dealkylation sites (tertiary alicyclic amines) is 1. The van der Waals surface area contributed by atoms with E-state index in [-0.39, 0.29) is 5.97 Å². The molecule has 1 aliphatic carbocycles. The molecule has 0 unspecified atom stereocenters. The number of carbonyl (C=O) groups excluding carboxylic acids is 2. The SMILES string of the molecule is COC(=O)c1ccc(N2CCC3(CC2)CN(C)C3)nc1.O=COCC1=CC=C=CC=C1. The van der Waals surface area contributed by atoms with Crippen LogP contribution in [-0.2, 0) is 14.3 Å². The van der Waals surface area contributed by atoms with Crippen molar-refractivity contribution in [3.63, 3.8) is 0 Å². The number of hydrogen-bond acceptors (Lipinski definition) is 7. The Morgan fingerprint density at radius 1 is 1.26 bits per heavy atom. The van der Waals surface area contributed by atoms with Gasteiger partial charge in [0.2, 0.25) is 0 Å². The third-order valence-electron chi connectivity index (χ3n) is 5.74. The number of piperidine rings is 1. The van der Waals surface area contributed by atoms with Gasteiger partial charge in [0.25, 0.3) is 6.47 Å². The van der Waals surface area contributed by atoms with Crippen molar-refractivity contribution in [3.8, 4) is 0 Å². The smallest absolute Gasteiger partial charge is 0.339 e. The molecular weight excluding hydrogens is 394 g/mol. The van der Waals surface area contributed by atoms with Gasteiger partial charge in [0.15, 0.2) is 0 Å². The van der Waals surface area contributed by atoms with Gasteiger partial charge in [-0.3, -0.25) is 4.79 Å². The third-order valence-corrected chi connectivity index (χ3v) is 5.74. The lowest BCUT2D eigenvalue weighted by Gasteiger charge is -2.53. The first-order valence-corrected chi connectivity index (χ1v) is 10.4. The van der Waals surface area contributed by atoms with E-state index in [0.29, 0.717) is 24.1 Å². The minimum absolute atomic E-state index is 0.325. The van der Waals surface area contributed by atoms with Crippen LogP contribution in [0.4, 0.5) is 5.82 Å². The summed E-state index contributed by atoms with van der Waals surface area (Å²) in [5.41, 5.74) is 4.91. The molecule has 7 heteroatoms. The topological polar surface area (TPSA) is 72.0 Å². The highest BCUT2D eigenvalue weighted by atomic mass is 16.5. The number of methoxy groups -OCH3 is 1. The Morgan fingerprint density at radius 2 is 2.03 bits per heavy atom. The molecule has 1 aromatic heterocycles. The van der Waals surface area contributed by atoms with Gasteiger partial charge in [-0.15, -0.1) is 5.73 Å². The zero-order chi connectivity index (χ0) is 22.1. The first-order chi connectivity index (χ1) is 15.0. The summed E-state index contributed by atoms with van der Waals surface area (Å²) in [7, 11) is 3.57. The zero-order valence-electron chi connectivity index (χ0n) is 18.1. The minimum Gasteiger partial charge on any atom is -0.465 e. The number of carbonyl (C=O) groups is 2. The van der Waals surface area contributed by atoms with E-state index in [2.05, 4.69) is 37.0 Å². The van der Waals surface area contributed by atoms with Crippen molar-refractivity contribution in [2.75, 3.05) is 51.8 Å². The normalized spacial score (nSPS) is 18.9. The molecule has 4 rings (SSSR count). The Hall–Kier alpha value is -3.15. The van der Waals surface area contributed by atoms with Gasteiger partial charge in [0, 0.05) is 32.4 Å². The van der Waals surface area contributed by atoms with E-state index in [1.54, 1.807) is 24.4 Å². The van der Waals surface area contributed by atoms with E-state index in [1.807, 2.05) is 24.3 Å². The van der Waals surface area contributed by atoms with Gasteiger partial charge in [-0.1, -0.05) is 12.2 Å². The van der Waals surface area contributed by atoms with Crippen LogP contribution in [0.25, 0.3) is 0 Å². The lowest BCUT2D eigenvalue weighted by Crippen LogP contribution is -2.58. The molecule has 0 N–H and O–H groups in total. The van der Waals surface area contributed by atoms with Gasteiger partial charge in [-0.05, 0) is 61.2 Å². The number of pyridine rings is 1. The van der Waals surface area contributed by atoms with Gasteiger partial charge >= 0.3 is 5.97 Å². The minimum atomic E-state index is -0.334. The highest BCUT2D eigenvalue weighted by Crippen LogP contribution is 2.40. The summed E-state index contributed by atoms with van der Waals surface area (Å²) < 4.78 is 9.25. The maximum Gasteiger partial charge on any atom is 0.339 e. The van der Waals surface area contributed by atoms with E-state index in [1.165, 1.54) is 33.0 Å².